The molecule has 5 heteroatoms. The average Bonchev–Trinajstić information content (AvgIpc) is 2.60. The fraction of sp³-hybridized carbons (Fsp3) is 0.476. The van der Waals surface area contributed by atoms with Gasteiger partial charge in [0, 0.05) is 18.8 Å². The smallest absolute Gasteiger partial charge is 0.290 e. The van der Waals surface area contributed by atoms with E-state index in [1.165, 1.54) is 37.7 Å². The van der Waals surface area contributed by atoms with Crippen LogP contribution < -0.4 is 11.5 Å². The highest BCUT2D eigenvalue weighted by Gasteiger charge is 2.29. The first-order valence-electron chi connectivity index (χ1n) is 9.05. The van der Waals surface area contributed by atoms with E-state index in [4.69, 9.17) is 21.4 Å². The highest BCUT2D eigenvalue weighted by Crippen LogP contribution is 2.33. The molecule has 5 nitrogen and oxygen atoms in total. The number of carbonyl (C=O) groups is 1. The molecule has 0 amide bonds. The summed E-state index contributed by atoms with van der Waals surface area (Å²) < 4.78 is 0. The zero-order valence-corrected chi connectivity index (χ0v) is 16.2. The van der Waals surface area contributed by atoms with Crippen molar-refractivity contribution in [1.82, 2.24) is 4.90 Å². The van der Waals surface area contributed by atoms with Crippen molar-refractivity contribution in [2.45, 2.75) is 40.2 Å². The Labute approximate surface area is 157 Å². The number of hydrogen-bond acceptors (Lipinski definition) is 4. The largest absolute Gasteiger partial charge is 0.483 e. The number of nitrogens with zero attached hydrogens (tertiary/aromatic N) is 1. The van der Waals surface area contributed by atoms with Gasteiger partial charge in [-0.1, -0.05) is 45.0 Å². The summed E-state index contributed by atoms with van der Waals surface area (Å²) in [4.78, 5) is 10.9. The second-order valence-corrected chi connectivity index (χ2v) is 7.75. The number of carboxylic acid groups (broad SMARTS) is 1. The lowest BCUT2D eigenvalue weighted by atomic mass is 9.76. The summed E-state index contributed by atoms with van der Waals surface area (Å²) in [5, 5.41) is 6.89. The van der Waals surface area contributed by atoms with E-state index >= 15 is 0 Å². The lowest BCUT2D eigenvalue weighted by molar-refractivity contribution is -0.122. The van der Waals surface area contributed by atoms with Gasteiger partial charge >= 0.3 is 0 Å². The van der Waals surface area contributed by atoms with Crippen molar-refractivity contribution < 1.29 is 9.90 Å². The zero-order valence-electron chi connectivity index (χ0n) is 16.2. The second-order valence-electron chi connectivity index (χ2n) is 7.75. The van der Waals surface area contributed by atoms with Crippen LogP contribution in [0.1, 0.15) is 44.7 Å². The normalized spacial score (nSPS) is 19.0. The number of likely N-dealkylation sites (tertiary alicyclic amines) is 1. The fourth-order valence-corrected chi connectivity index (χ4v) is 3.22. The summed E-state index contributed by atoms with van der Waals surface area (Å²) in [6, 6.07) is 8.55. The van der Waals surface area contributed by atoms with Crippen molar-refractivity contribution in [2.75, 3.05) is 13.1 Å². The van der Waals surface area contributed by atoms with E-state index in [-0.39, 0.29) is 6.47 Å². The number of hydrogen-bond donors (Lipinski definition) is 3. The van der Waals surface area contributed by atoms with Gasteiger partial charge in [0.1, 0.15) is 0 Å². The summed E-state index contributed by atoms with van der Waals surface area (Å²) in [5.41, 5.74) is 14.9. The maximum atomic E-state index is 8.36. The van der Waals surface area contributed by atoms with Crippen LogP contribution in [0.3, 0.4) is 0 Å². The number of allylic oxidation sites excluding steroid dienone is 2. The van der Waals surface area contributed by atoms with Crippen LogP contribution in [0.2, 0.25) is 0 Å². The lowest BCUT2D eigenvalue weighted by Gasteiger charge is -2.39. The number of piperidine rings is 1. The van der Waals surface area contributed by atoms with Crippen LogP contribution in [0.4, 0.5) is 0 Å². The van der Waals surface area contributed by atoms with E-state index in [2.05, 4.69) is 49.9 Å². The van der Waals surface area contributed by atoms with Crippen molar-refractivity contribution in [3.63, 3.8) is 0 Å². The van der Waals surface area contributed by atoms with Gasteiger partial charge in [0.2, 0.25) is 0 Å². The van der Waals surface area contributed by atoms with Crippen LogP contribution in [0.25, 0.3) is 5.70 Å². The molecule has 5 N–H and O–H groups in total. The van der Waals surface area contributed by atoms with Crippen LogP contribution in [-0.2, 0) is 11.3 Å². The quantitative estimate of drug-likeness (QED) is 0.566. The number of benzene rings is 1. The van der Waals surface area contributed by atoms with Gasteiger partial charge < -0.3 is 16.6 Å². The van der Waals surface area contributed by atoms with Crippen molar-refractivity contribution in [3.8, 4) is 0 Å². The van der Waals surface area contributed by atoms with Crippen LogP contribution in [-0.4, -0.2) is 29.6 Å². The molecule has 1 atom stereocenters. The molecule has 0 bridgehead atoms. The molecule has 1 aliphatic heterocycles. The van der Waals surface area contributed by atoms with Crippen LogP contribution in [0, 0.1) is 11.3 Å². The molecule has 26 heavy (non-hydrogen) atoms. The Bertz CT molecular complexity index is 601. The first-order chi connectivity index (χ1) is 12.3. The fourth-order valence-electron chi connectivity index (χ4n) is 3.22. The molecular formula is C21H33N3O2. The Balaban J connectivity index is 0.00000105. The van der Waals surface area contributed by atoms with Gasteiger partial charge in [0.25, 0.3) is 6.47 Å². The number of nitrogens with two attached hydrogens (primary N) is 2. The maximum Gasteiger partial charge on any atom is 0.290 e. The van der Waals surface area contributed by atoms with E-state index in [9.17, 15) is 0 Å². The van der Waals surface area contributed by atoms with Gasteiger partial charge in [-0.05, 0) is 60.2 Å². The first kappa shape index (κ1) is 21.8. The van der Waals surface area contributed by atoms with Crippen molar-refractivity contribution in [3.05, 3.63) is 53.7 Å². The van der Waals surface area contributed by atoms with E-state index in [1.807, 2.05) is 6.08 Å². The van der Waals surface area contributed by atoms with E-state index in [0.717, 1.165) is 23.7 Å². The second kappa shape index (κ2) is 10.7. The van der Waals surface area contributed by atoms with Crippen LogP contribution >= 0.6 is 0 Å². The Morgan fingerprint density at radius 3 is 2.46 bits per heavy atom. The van der Waals surface area contributed by atoms with Crippen molar-refractivity contribution >= 4 is 12.2 Å². The molecule has 0 spiro atoms. The molecule has 1 unspecified atom stereocenters. The molecule has 1 aromatic carbocycles. The molecule has 1 heterocycles. The van der Waals surface area contributed by atoms with Gasteiger partial charge in [-0.15, -0.1) is 0 Å². The average molecular weight is 360 g/mol. The SMILES string of the molecule is CC(C)(C)C1CCCN(Cc2ccc(/C(N)=C/C=C\N)cc2)C1.O=CO. The van der Waals surface area contributed by atoms with Gasteiger partial charge in [-0.25, -0.2) is 0 Å². The van der Waals surface area contributed by atoms with Crippen LogP contribution in [0.15, 0.2) is 42.6 Å². The summed E-state index contributed by atoms with van der Waals surface area (Å²) >= 11 is 0. The van der Waals surface area contributed by atoms with Gasteiger partial charge in [-0.2, -0.15) is 0 Å². The van der Waals surface area contributed by atoms with Gasteiger partial charge in [0.05, 0.1) is 0 Å². The summed E-state index contributed by atoms with van der Waals surface area (Å²) in [6.45, 7) is 10.3. The summed E-state index contributed by atoms with van der Waals surface area (Å²) in [5.74, 6) is 0.789. The molecule has 1 aromatic rings. The van der Waals surface area contributed by atoms with Crippen molar-refractivity contribution in [2.24, 2.45) is 22.8 Å². The topological polar surface area (TPSA) is 92.6 Å². The van der Waals surface area contributed by atoms with Crippen LogP contribution in [0.5, 0.6) is 0 Å². The molecular weight excluding hydrogens is 326 g/mol. The predicted octanol–water partition coefficient (Wildman–Crippen LogP) is 3.42. The minimum absolute atomic E-state index is 0.250. The van der Waals surface area contributed by atoms with Gasteiger partial charge in [-0.3, -0.25) is 9.69 Å². The standard InChI is InChI=1S/C20H31N3.CH2O2/c1-20(2,3)18-6-5-13-23(15-18)14-16-8-10-17(11-9-16)19(22)7-4-12-21;2-1-3/h4,7-12,18H,5-6,13-15,21-22H2,1-3H3;1H,(H,2,3)/b12-4-,19-7-;. The lowest BCUT2D eigenvalue weighted by Crippen LogP contribution is -2.40. The maximum absolute atomic E-state index is 8.36. The molecule has 0 aliphatic carbocycles. The first-order valence-corrected chi connectivity index (χ1v) is 9.05. The third-order valence-corrected chi connectivity index (χ3v) is 4.81. The summed E-state index contributed by atoms with van der Waals surface area (Å²) in [6.07, 6.45) is 7.73. The molecule has 1 aliphatic rings. The highest BCUT2D eigenvalue weighted by molar-refractivity contribution is 5.64. The molecule has 0 radical (unpaired) electrons. The Kier molecular flexibility index (Phi) is 8.93. The summed E-state index contributed by atoms with van der Waals surface area (Å²) in [7, 11) is 0. The molecule has 0 saturated carbocycles. The Morgan fingerprint density at radius 2 is 1.92 bits per heavy atom. The molecule has 2 rings (SSSR count). The third-order valence-electron chi connectivity index (χ3n) is 4.81. The zero-order chi connectivity index (χ0) is 19.6. The minimum atomic E-state index is -0.250. The van der Waals surface area contributed by atoms with E-state index in [1.54, 1.807) is 6.08 Å². The van der Waals surface area contributed by atoms with Crippen molar-refractivity contribution in [1.29, 1.82) is 0 Å². The Hall–Kier alpha value is -2.27. The molecule has 0 aromatic heterocycles. The minimum Gasteiger partial charge on any atom is -0.483 e. The molecule has 1 saturated heterocycles. The van der Waals surface area contributed by atoms with Gasteiger partial charge in [0.15, 0.2) is 0 Å². The van der Waals surface area contributed by atoms with E-state index in [0.29, 0.717) is 5.41 Å². The molecule has 144 valence electrons. The molecule has 1 fully saturated rings. The number of rotatable bonds is 4. The predicted molar refractivity (Wildman–Crippen MR) is 108 cm³/mol. The Morgan fingerprint density at radius 1 is 1.31 bits per heavy atom. The monoisotopic (exact) mass is 359 g/mol. The van der Waals surface area contributed by atoms with E-state index < -0.39 is 0 Å². The third kappa shape index (κ3) is 7.31. The highest BCUT2D eigenvalue weighted by atomic mass is 16.3.